The molecule has 0 aromatic heterocycles. The van der Waals surface area contributed by atoms with Crippen LogP contribution in [0.15, 0.2) is 0 Å². The highest BCUT2D eigenvalue weighted by Crippen LogP contribution is 2.52. The molecule has 3 heteroatoms. The summed E-state index contributed by atoms with van der Waals surface area (Å²) in [7, 11) is 1.38. The van der Waals surface area contributed by atoms with Gasteiger partial charge in [0.2, 0.25) is 0 Å². The zero-order valence-corrected chi connectivity index (χ0v) is 6.26. The second-order valence-corrected chi connectivity index (χ2v) is 2.99. The maximum absolute atomic E-state index is 10.9. The molecule has 0 heterocycles. The van der Waals surface area contributed by atoms with Crippen LogP contribution in [-0.2, 0) is 9.53 Å². The van der Waals surface area contributed by atoms with E-state index >= 15 is 0 Å². The van der Waals surface area contributed by atoms with Gasteiger partial charge in [0.1, 0.15) is 0 Å². The summed E-state index contributed by atoms with van der Waals surface area (Å²) in [5.74, 6) is -0.0773. The van der Waals surface area contributed by atoms with Crippen LogP contribution in [0.25, 0.3) is 0 Å². The first-order valence-corrected chi connectivity index (χ1v) is 3.34. The Hall–Kier alpha value is -0.570. The normalized spacial score (nSPS) is 37.3. The second-order valence-electron chi connectivity index (χ2n) is 2.99. The Morgan fingerprint density at radius 3 is 2.80 bits per heavy atom. The first-order valence-electron chi connectivity index (χ1n) is 3.34. The summed E-state index contributed by atoms with van der Waals surface area (Å²) in [5, 5.41) is 8.68. The van der Waals surface area contributed by atoms with Crippen molar-refractivity contribution in [1.82, 2.24) is 0 Å². The summed E-state index contributed by atoms with van der Waals surface area (Å²) in [6.07, 6.45) is 0.760. The number of carbonyl (C=O) groups excluding carboxylic acids is 1. The van der Waals surface area contributed by atoms with Gasteiger partial charge in [-0.2, -0.15) is 0 Å². The number of rotatable bonds is 2. The van der Waals surface area contributed by atoms with E-state index < -0.39 is 0 Å². The molecule has 0 amide bonds. The molecule has 0 spiro atoms. The molecule has 1 rings (SSSR count). The fraction of sp³-hybridized carbons (Fsp3) is 0.857. The van der Waals surface area contributed by atoms with Crippen LogP contribution in [0.4, 0.5) is 0 Å². The third-order valence-electron chi connectivity index (χ3n) is 2.28. The summed E-state index contributed by atoms with van der Waals surface area (Å²) in [4.78, 5) is 10.9. The quantitative estimate of drug-likeness (QED) is 0.562. The summed E-state index contributed by atoms with van der Waals surface area (Å²) in [5.41, 5.74) is -0.385. The smallest absolute Gasteiger partial charge is 0.311 e. The molecule has 0 aliphatic heterocycles. The van der Waals surface area contributed by atoms with Crippen molar-refractivity contribution in [3.05, 3.63) is 0 Å². The SMILES string of the molecule is COC(=O)[C@]1(C)C[C@H]1CO. The number of methoxy groups -OCH3 is 1. The molecule has 0 aromatic carbocycles. The van der Waals surface area contributed by atoms with Gasteiger partial charge in [0.25, 0.3) is 0 Å². The van der Waals surface area contributed by atoms with Gasteiger partial charge in [0.15, 0.2) is 0 Å². The Morgan fingerprint density at radius 2 is 2.50 bits per heavy atom. The number of hydrogen-bond donors (Lipinski definition) is 1. The molecule has 0 bridgehead atoms. The van der Waals surface area contributed by atoms with Crippen molar-refractivity contribution < 1.29 is 14.6 Å². The van der Waals surface area contributed by atoms with Gasteiger partial charge in [0, 0.05) is 6.61 Å². The van der Waals surface area contributed by atoms with Crippen molar-refractivity contribution in [3.63, 3.8) is 0 Å². The molecule has 1 N–H and O–H groups in total. The topological polar surface area (TPSA) is 46.5 Å². The zero-order valence-electron chi connectivity index (χ0n) is 6.26. The van der Waals surface area contributed by atoms with Crippen LogP contribution in [-0.4, -0.2) is 24.8 Å². The van der Waals surface area contributed by atoms with Crippen LogP contribution in [0, 0.1) is 11.3 Å². The lowest BCUT2D eigenvalue weighted by molar-refractivity contribution is -0.147. The van der Waals surface area contributed by atoms with Crippen LogP contribution < -0.4 is 0 Å². The van der Waals surface area contributed by atoms with E-state index in [0.717, 1.165) is 6.42 Å². The first-order chi connectivity index (χ1) is 4.65. The van der Waals surface area contributed by atoms with E-state index in [4.69, 9.17) is 5.11 Å². The molecular formula is C7H12O3. The van der Waals surface area contributed by atoms with Crippen molar-refractivity contribution in [2.75, 3.05) is 13.7 Å². The lowest BCUT2D eigenvalue weighted by Crippen LogP contribution is -2.17. The number of hydrogen-bond acceptors (Lipinski definition) is 3. The van der Waals surface area contributed by atoms with Gasteiger partial charge < -0.3 is 9.84 Å². The number of esters is 1. The predicted molar refractivity (Wildman–Crippen MR) is 35.3 cm³/mol. The fourth-order valence-corrected chi connectivity index (χ4v) is 1.20. The van der Waals surface area contributed by atoms with E-state index in [1.165, 1.54) is 7.11 Å². The van der Waals surface area contributed by atoms with Crippen LogP contribution in [0.3, 0.4) is 0 Å². The van der Waals surface area contributed by atoms with Crippen molar-refractivity contribution in [2.24, 2.45) is 11.3 Å². The maximum atomic E-state index is 10.9. The van der Waals surface area contributed by atoms with E-state index in [1.54, 1.807) is 0 Å². The zero-order chi connectivity index (χ0) is 7.78. The molecular weight excluding hydrogens is 132 g/mol. The molecule has 1 saturated carbocycles. The maximum Gasteiger partial charge on any atom is 0.311 e. The first kappa shape index (κ1) is 7.54. The van der Waals surface area contributed by atoms with Crippen LogP contribution in [0.2, 0.25) is 0 Å². The summed E-state index contributed by atoms with van der Waals surface area (Å²) in [6, 6.07) is 0. The Bertz CT molecular complexity index is 155. The molecule has 0 unspecified atom stereocenters. The predicted octanol–water partition coefficient (Wildman–Crippen LogP) is 0.178. The minimum Gasteiger partial charge on any atom is -0.469 e. The number of carbonyl (C=O) groups is 1. The van der Waals surface area contributed by atoms with Gasteiger partial charge in [-0.3, -0.25) is 4.79 Å². The van der Waals surface area contributed by atoms with Crippen LogP contribution in [0.5, 0.6) is 0 Å². The molecule has 58 valence electrons. The Kier molecular flexibility index (Phi) is 1.68. The Labute approximate surface area is 60.0 Å². The van der Waals surface area contributed by atoms with Gasteiger partial charge in [-0.25, -0.2) is 0 Å². The van der Waals surface area contributed by atoms with E-state index in [-0.39, 0.29) is 23.9 Å². The molecule has 0 aromatic rings. The van der Waals surface area contributed by atoms with Gasteiger partial charge in [-0.05, 0) is 19.3 Å². The molecule has 3 nitrogen and oxygen atoms in total. The van der Waals surface area contributed by atoms with Gasteiger partial charge in [0.05, 0.1) is 12.5 Å². The molecule has 0 radical (unpaired) electrons. The Balaban J connectivity index is 2.50. The second kappa shape index (κ2) is 2.23. The average Bonchev–Trinajstić information content (AvgIpc) is 2.61. The summed E-state index contributed by atoms with van der Waals surface area (Å²) < 4.78 is 4.56. The monoisotopic (exact) mass is 144 g/mol. The lowest BCUT2D eigenvalue weighted by Gasteiger charge is -2.05. The van der Waals surface area contributed by atoms with Crippen molar-refractivity contribution >= 4 is 5.97 Å². The fourth-order valence-electron chi connectivity index (χ4n) is 1.20. The average molecular weight is 144 g/mol. The summed E-state index contributed by atoms with van der Waals surface area (Å²) in [6.45, 7) is 1.91. The molecule has 1 aliphatic carbocycles. The number of ether oxygens (including phenoxy) is 1. The highest BCUT2D eigenvalue weighted by atomic mass is 16.5. The van der Waals surface area contributed by atoms with Crippen LogP contribution in [0.1, 0.15) is 13.3 Å². The van der Waals surface area contributed by atoms with Crippen molar-refractivity contribution in [1.29, 1.82) is 0 Å². The number of aliphatic hydroxyl groups excluding tert-OH is 1. The van der Waals surface area contributed by atoms with Crippen molar-refractivity contribution in [2.45, 2.75) is 13.3 Å². The molecule has 2 atom stereocenters. The molecule has 1 fully saturated rings. The molecule has 1 aliphatic rings. The molecule has 10 heavy (non-hydrogen) atoms. The third kappa shape index (κ3) is 0.904. The number of aliphatic hydroxyl groups is 1. The Morgan fingerprint density at radius 1 is 1.90 bits per heavy atom. The minimum atomic E-state index is -0.385. The van der Waals surface area contributed by atoms with E-state index in [1.807, 2.05) is 6.92 Å². The van der Waals surface area contributed by atoms with Crippen LogP contribution >= 0.6 is 0 Å². The summed E-state index contributed by atoms with van der Waals surface area (Å²) >= 11 is 0. The highest BCUT2D eigenvalue weighted by molar-refractivity contribution is 5.79. The molecule has 0 saturated heterocycles. The van der Waals surface area contributed by atoms with Gasteiger partial charge in [-0.15, -0.1) is 0 Å². The van der Waals surface area contributed by atoms with E-state index in [9.17, 15) is 4.79 Å². The van der Waals surface area contributed by atoms with Gasteiger partial charge in [-0.1, -0.05) is 0 Å². The largest absolute Gasteiger partial charge is 0.469 e. The van der Waals surface area contributed by atoms with E-state index in [2.05, 4.69) is 4.74 Å². The highest BCUT2D eigenvalue weighted by Gasteiger charge is 2.56. The van der Waals surface area contributed by atoms with Gasteiger partial charge >= 0.3 is 5.97 Å². The van der Waals surface area contributed by atoms with Crippen molar-refractivity contribution in [3.8, 4) is 0 Å². The van der Waals surface area contributed by atoms with E-state index in [0.29, 0.717) is 0 Å². The standard InChI is InChI=1S/C7H12O3/c1-7(6(9)10-2)3-5(7)4-8/h5,8H,3-4H2,1-2H3/t5-,7+/m0/s1. The minimum absolute atomic E-state index is 0.0889. The lowest BCUT2D eigenvalue weighted by atomic mass is 10.1. The third-order valence-corrected chi connectivity index (χ3v) is 2.28.